The Morgan fingerprint density at radius 3 is 2.31 bits per heavy atom. The number of amides is 1. The molecule has 2 rings (SSSR count). The molecule has 0 aromatic heterocycles. The first-order chi connectivity index (χ1) is 7.47. The van der Waals surface area contributed by atoms with E-state index < -0.39 is 5.60 Å². The zero-order valence-corrected chi connectivity index (χ0v) is 10.4. The molecule has 1 saturated heterocycles. The first kappa shape index (κ1) is 11.7. The van der Waals surface area contributed by atoms with Crippen molar-refractivity contribution in [1.82, 2.24) is 10.6 Å². The van der Waals surface area contributed by atoms with Crippen LogP contribution in [-0.4, -0.2) is 30.8 Å². The van der Waals surface area contributed by atoms with Crippen LogP contribution >= 0.6 is 0 Å². The molecule has 1 amide bonds. The van der Waals surface area contributed by atoms with E-state index in [0.717, 1.165) is 13.1 Å². The normalized spacial score (nSPS) is 33.6. The number of hydrogen-bond acceptors (Lipinski definition) is 3. The molecule has 4 heteroatoms. The molecule has 92 valence electrons. The second-order valence-electron chi connectivity index (χ2n) is 5.83. The Balaban J connectivity index is 1.77. The second kappa shape index (κ2) is 4.24. The van der Waals surface area contributed by atoms with Gasteiger partial charge in [0.1, 0.15) is 5.60 Å². The van der Waals surface area contributed by atoms with Gasteiger partial charge in [-0.2, -0.15) is 0 Å². The Kier molecular flexibility index (Phi) is 3.10. The summed E-state index contributed by atoms with van der Waals surface area (Å²) in [7, 11) is 0. The summed E-state index contributed by atoms with van der Waals surface area (Å²) in [6, 6.07) is 0.358. The molecule has 2 aliphatic rings. The summed E-state index contributed by atoms with van der Waals surface area (Å²) in [5.41, 5.74) is -0.400. The highest BCUT2D eigenvalue weighted by atomic mass is 16.6. The lowest BCUT2D eigenvalue weighted by atomic mass is 10.2. The van der Waals surface area contributed by atoms with Crippen LogP contribution in [0.3, 0.4) is 0 Å². The number of carbonyl (C=O) groups excluding carboxylic acids is 1. The molecule has 0 bridgehead atoms. The van der Waals surface area contributed by atoms with Gasteiger partial charge in [-0.15, -0.1) is 0 Å². The molecule has 0 aromatic carbocycles. The van der Waals surface area contributed by atoms with Gasteiger partial charge in [-0.25, -0.2) is 4.79 Å². The highest BCUT2D eigenvalue weighted by Crippen LogP contribution is 2.44. The van der Waals surface area contributed by atoms with Gasteiger partial charge in [-0.05, 0) is 58.5 Å². The van der Waals surface area contributed by atoms with Crippen LogP contribution in [0.25, 0.3) is 0 Å². The predicted molar refractivity (Wildman–Crippen MR) is 62.2 cm³/mol. The van der Waals surface area contributed by atoms with Gasteiger partial charge in [-0.3, -0.25) is 0 Å². The number of ether oxygens (including phenoxy) is 1. The van der Waals surface area contributed by atoms with Crippen molar-refractivity contribution in [2.45, 2.75) is 45.3 Å². The molecule has 0 aromatic rings. The average molecular weight is 226 g/mol. The van der Waals surface area contributed by atoms with E-state index in [2.05, 4.69) is 10.6 Å². The van der Waals surface area contributed by atoms with E-state index in [1.807, 2.05) is 20.8 Å². The van der Waals surface area contributed by atoms with Crippen molar-refractivity contribution in [3.63, 3.8) is 0 Å². The van der Waals surface area contributed by atoms with Crippen molar-refractivity contribution in [2.75, 3.05) is 13.1 Å². The van der Waals surface area contributed by atoms with Crippen molar-refractivity contribution in [2.24, 2.45) is 11.8 Å². The molecule has 1 aliphatic carbocycles. The average Bonchev–Trinajstić information content (AvgIpc) is 2.79. The summed E-state index contributed by atoms with van der Waals surface area (Å²) in [6.45, 7) is 7.83. The lowest BCUT2D eigenvalue weighted by molar-refractivity contribution is 0.0518. The topological polar surface area (TPSA) is 50.4 Å². The zero-order chi connectivity index (χ0) is 11.8. The van der Waals surface area contributed by atoms with Crippen molar-refractivity contribution in [1.29, 1.82) is 0 Å². The fourth-order valence-electron chi connectivity index (χ4n) is 2.55. The van der Waals surface area contributed by atoms with Crippen molar-refractivity contribution >= 4 is 6.09 Å². The SMILES string of the molecule is CC(C)(C)OC(=O)NC1C2CCNCCC21. The molecule has 1 saturated carbocycles. The molecule has 2 fully saturated rings. The van der Waals surface area contributed by atoms with E-state index in [0.29, 0.717) is 17.9 Å². The van der Waals surface area contributed by atoms with Crippen molar-refractivity contribution < 1.29 is 9.53 Å². The lowest BCUT2D eigenvalue weighted by Gasteiger charge is -2.20. The first-order valence-corrected chi connectivity index (χ1v) is 6.17. The molecule has 4 nitrogen and oxygen atoms in total. The van der Waals surface area contributed by atoms with Gasteiger partial charge in [0.2, 0.25) is 0 Å². The van der Waals surface area contributed by atoms with Gasteiger partial charge >= 0.3 is 6.09 Å². The van der Waals surface area contributed by atoms with Gasteiger partial charge in [0.05, 0.1) is 0 Å². The maximum atomic E-state index is 11.6. The van der Waals surface area contributed by atoms with Gasteiger partial charge in [0.15, 0.2) is 0 Å². The lowest BCUT2D eigenvalue weighted by Crippen LogP contribution is -2.35. The van der Waals surface area contributed by atoms with Crippen LogP contribution < -0.4 is 10.6 Å². The Labute approximate surface area is 97.1 Å². The van der Waals surface area contributed by atoms with E-state index >= 15 is 0 Å². The standard InChI is InChI=1S/C12H22N2O2/c1-12(2,3)16-11(15)14-10-8-4-6-13-7-5-9(8)10/h8-10,13H,4-7H2,1-3H3,(H,14,15). The number of fused-ring (bicyclic) bond motifs is 1. The molecule has 1 aliphatic heterocycles. The third-order valence-corrected chi connectivity index (χ3v) is 3.32. The molecule has 2 N–H and O–H groups in total. The minimum absolute atomic E-state index is 0.265. The summed E-state index contributed by atoms with van der Waals surface area (Å²) < 4.78 is 5.26. The summed E-state index contributed by atoms with van der Waals surface area (Å²) >= 11 is 0. The number of nitrogens with one attached hydrogen (secondary N) is 2. The monoisotopic (exact) mass is 226 g/mol. The van der Waals surface area contributed by atoms with E-state index in [1.165, 1.54) is 12.8 Å². The van der Waals surface area contributed by atoms with Crippen LogP contribution in [0.4, 0.5) is 4.79 Å². The largest absolute Gasteiger partial charge is 0.444 e. The van der Waals surface area contributed by atoms with Crippen molar-refractivity contribution in [3.8, 4) is 0 Å². The van der Waals surface area contributed by atoms with Crippen LogP contribution in [0.1, 0.15) is 33.6 Å². The fourth-order valence-corrected chi connectivity index (χ4v) is 2.55. The van der Waals surface area contributed by atoms with Crippen LogP contribution in [0.2, 0.25) is 0 Å². The van der Waals surface area contributed by atoms with Gasteiger partial charge < -0.3 is 15.4 Å². The minimum atomic E-state index is -0.400. The van der Waals surface area contributed by atoms with Gasteiger partial charge in [0.25, 0.3) is 0 Å². The van der Waals surface area contributed by atoms with E-state index in [9.17, 15) is 4.79 Å². The molecule has 2 atom stereocenters. The molecular weight excluding hydrogens is 204 g/mol. The minimum Gasteiger partial charge on any atom is -0.444 e. The van der Waals surface area contributed by atoms with Crippen LogP contribution in [0.15, 0.2) is 0 Å². The highest BCUT2D eigenvalue weighted by Gasteiger charge is 2.50. The van der Waals surface area contributed by atoms with Crippen LogP contribution in [0, 0.1) is 11.8 Å². The highest BCUT2D eigenvalue weighted by molar-refractivity contribution is 5.68. The number of carbonyl (C=O) groups is 1. The quantitative estimate of drug-likeness (QED) is 0.712. The molecular formula is C12H22N2O2. The molecule has 1 heterocycles. The zero-order valence-electron chi connectivity index (χ0n) is 10.4. The maximum absolute atomic E-state index is 11.6. The Morgan fingerprint density at radius 2 is 1.81 bits per heavy atom. The van der Waals surface area contributed by atoms with Gasteiger partial charge in [-0.1, -0.05) is 0 Å². The second-order valence-corrected chi connectivity index (χ2v) is 5.83. The molecule has 0 spiro atoms. The van der Waals surface area contributed by atoms with E-state index in [-0.39, 0.29) is 6.09 Å². The molecule has 2 unspecified atom stereocenters. The smallest absolute Gasteiger partial charge is 0.407 e. The Bertz CT molecular complexity index is 261. The van der Waals surface area contributed by atoms with E-state index in [1.54, 1.807) is 0 Å². The van der Waals surface area contributed by atoms with Crippen molar-refractivity contribution in [3.05, 3.63) is 0 Å². The molecule has 16 heavy (non-hydrogen) atoms. The van der Waals surface area contributed by atoms with E-state index in [4.69, 9.17) is 4.74 Å². The summed E-state index contributed by atoms with van der Waals surface area (Å²) in [5, 5.41) is 6.37. The Hall–Kier alpha value is -0.770. The van der Waals surface area contributed by atoms with Gasteiger partial charge in [0, 0.05) is 6.04 Å². The predicted octanol–water partition coefficient (Wildman–Crippen LogP) is 1.51. The summed E-state index contributed by atoms with van der Waals surface area (Å²) in [5.74, 6) is 1.34. The number of hydrogen-bond donors (Lipinski definition) is 2. The summed E-state index contributed by atoms with van der Waals surface area (Å²) in [4.78, 5) is 11.6. The number of rotatable bonds is 1. The first-order valence-electron chi connectivity index (χ1n) is 6.17. The van der Waals surface area contributed by atoms with Crippen LogP contribution in [-0.2, 0) is 4.74 Å². The third kappa shape index (κ3) is 2.88. The Morgan fingerprint density at radius 1 is 1.25 bits per heavy atom. The fraction of sp³-hybridized carbons (Fsp3) is 0.917. The molecule has 0 radical (unpaired) electrons. The maximum Gasteiger partial charge on any atom is 0.407 e. The third-order valence-electron chi connectivity index (χ3n) is 3.32. The number of alkyl carbamates (subject to hydrolysis) is 1. The van der Waals surface area contributed by atoms with Crippen LogP contribution in [0.5, 0.6) is 0 Å². The summed E-state index contributed by atoms with van der Waals surface area (Å²) in [6.07, 6.45) is 2.08.